The minimum absolute atomic E-state index is 0.202. The number of hydrazone groups is 1. The number of nitrogens with zero attached hydrogens (tertiary/aromatic N) is 2. The van der Waals surface area contributed by atoms with Crippen LogP contribution in [0.4, 0.5) is 5.69 Å². The van der Waals surface area contributed by atoms with Gasteiger partial charge in [-0.1, -0.05) is 6.07 Å². The van der Waals surface area contributed by atoms with E-state index in [9.17, 15) is 17.8 Å². The SMILES string of the molecule is CC1=NN(c2cc(S(=O)(=O)[O-])ccc2C)C(=O)C1. The largest absolute Gasteiger partial charge is 0.744 e. The van der Waals surface area contributed by atoms with Crippen molar-refractivity contribution >= 4 is 27.4 Å². The summed E-state index contributed by atoms with van der Waals surface area (Å²) >= 11 is 0. The Morgan fingerprint density at radius 3 is 2.50 bits per heavy atom. The number of anilines is 1. The van der Waals surface area contributed by atoms with Gasteiger partial charge in [0.2, 0.25) is 0 Å². The van der Waals surface area contributed by atoms with E-state index in [1.807, 2.05) is 0 Å². The summed E-state index contributed by atoms with van der Waals surface area (Å²) in [5.74, 6) is -0.240. The van der Waals surface area contributed by atoms with Gasteiger partial charge in [0.05, 0.1) is 17.0 Å². The van der Waals surface area contributed by atoms with Crippen LogP contribution in [0.2, 0.25) is 0 Å². The smallest absolute Gasteiger partial charge is 0.253 e. The zero-order valence-electron chi connectivity index (χ0n) is 9.87. The molecule has 1 aliphatic heterocycles. The highest BCUT2D eigenvalue weighted by atomic mass is 32.2. The van der Waals surface area contributed by atoms with Gasteiger partial charge in [0.15, 0.2) is 0 Å². The molecule has 0 spiro atoms. The van der Waals surface area contributed by atoms with Crippen molar-refractivity contribution in [1.82, 2.24) is 0 Å². The predicted molar refractivity (Wildman–Crippen MR) is 64.4 cm³/mol. The molecule has 0 unspecified atom stereocenters. The molecule has 1 heterocycles. The average Bonchev–Trinajstić information content (AvgIpc) is 2.56. The van der Waals surface area contributed by atoms with Crippen LogP contribution in [-0.2, 0) is 14.9 Å². The maximum atomic E-state index is 11.7. The van der Waals surface area contributed by atoms with Gasteiger partial charge in [-0.15, -0.1) is 0 Å². The topological polar surface area (TPSA) is 89.9 Å². The first-order valence-electron chi connectivity index (χ1n) is 5.22. The van der Waals surface area contributed by atoms with Crippen molar-refractivity contribution in [2.75, 3.05) is 5.01 Å². The third kappa shape index (κ3) is 2.27. The Morgan fingerprint density at radius 2 is 2.00 bits per heavy atom. The number of rotatable bonds is 2. The molecule has 1 aliphatic rings. The normalized spacial score (nSPS) is 16.1. The summed E-state index contributed by atoms with van der Waals surface area (Å²) < 4.78 is 32.9. The molecule has 0 N–H and O–H groups in total. The van der Waals surface area contributed by atoms with E-state index in [0.717, 1.165) is 5.01 Å². The highest BCUT2D eigenvalue weighted by Gasteiger charge is 2.24. The van der Waals surface area contributed by atoms with Crippen molar-refractivity contribution in [2.24, 2.45) is 5.10 Å². The lowest BCUT2D eigenvalue weighted by Crippen LogP contribution is -2.20. The van der Waals surface area contributed by atoms with E-state index in [0.29, 0.717) is 17.0 Å². The molecule has 0 saturated carbocycles. The van der Waals surface area contributed by atoms with Crippen molar-refractivity contribution in [1.29, 1.82) is 0 Å². The molecule has 0 atom stereocenters. The molecule has 1 amide bonds. The van der Waals surface area contributed by atoms with Crippen LogP contribution < -0.4 is 5.01 Å². The summed E-state index contributed by atoms with van der Waals surface area (Å²) in [6.45, 7) is 3.43. The zero-order chi connectivity index (χ0) is 13.5. The number of amides is 1. The Morgan fingerprint density at radius 1 is 1.33 bits per heavy atom. The fourth-order valence-electron chi connectivity index (χ4n) is 1.72. The molecule has 18 heavy (non-hydrogen) atoms. The Labute approximate surface area is 105 Å². The van der Waals surface area contributed by atoms with Gasteiger partial charge in [-0.3, -0.25) is 4.79 Å². The van der Waals surface area contributed by atoms with Gasteiger partial charge >= 0.3 is 0 Å². The van der Waals surface area contributed by atoms with Crippen molar-refractivity contribution in [2.45, 2.75) is 25.2 Å². The molecule has 7 heteroatoms. The van der Waals surface area contributed by atoms with E-state index >= 15 is 0 Å². The van der Waals surface area contributed by atoms with E-state index < -0.39 is 10.1 Å². The molecule has 0 aromatic heterocycles. The van der Waals surface area contributed by atoms with Gasteiger partial charge in [0, 0.05) is 5.71 Å². The second-order valence-electron chi connectivity index (χ2n) is 4.12. The van der Waals surface area contributed by atoms with Crippen molar-refractivity contribution in [3.05, 3.63) is 23.8 Å². The van der Waals surface area contributed by atoms with E-state index in [4.69, 9.17) is 0 Å². The third-order valence-corrected chi connectivity index (χ3v) is 3.44. The molecule has 2 rings (SSSR count). The quantitative estimate of drug-likeness (QED) is 0.748. The van der Waals surface area contributed by atoms with Gasteiger partial charge in [0.1, 0.15) is 10.1 Å². The maximum Gasteiger partial charge on any atom is 0.253 e. The first-order chi connectivity index (χ1) is 8.29. The van der Waals surface area contributed by atoms with E-state index in [1.165, 1.54) is 18.2 Å². The molecule has 0 aliphatic carbocycles. The molecule has 6 nitrogen and oxygen atoms in total. The van der Waals surface area contributed by atoms with Gasteiger partial charge in [-0.05, 0) is 31.5 Å². The molecule has 0 saturated heterocycles. The first kappa shape index (κ1) is 12.7. The number of hydrogen-bond acceptors (Lipinski definition) is 5. The summed E-state index contributed by atoms with van der Waals surface area (Å²) in [7, 11) is -4.54. The molecule has 96 valence electrons. The standard InChI is InChI=1S/C11H12N2O4S/c1-7-3-4-9(18(15,16)17)6-10(7)13-11(14)5-8(2)12-13/h3-4,6H,5H2,1-2H3,(H,15,16,17)/p-1. The van der Waals surface area contributed by atoms with Gasteiger partial charge in [0.25, 0.3) is 5.91 Å². The molecular formula is C11H11N2O4S-. The van der Waals surface area contributed by atoms with Crippen LogP contribution in [0, 0.1) is 6.92 Å². The predicted octanol–water partition coefficient (Wildman–Crippen LogP) is 1.01. The van der Waals surface area contributed by atoms with Gasteiger partial charge in [-0.2, -0.15) is 5.10 Å². The summed E-state index contributed by atoms with van der Waals surface area (Å²) in [5.41, 5.74) is 1.65. The van der Waals surface area contributed by atoms with E-state index in [-0.39, 0.29) is 17.2 Å². The Kier molecular flexibility index (Phi) is 2.95. The highest BCUT2D eigenvalue weighted by molar-refractivity contribution is 7.85. The molecule has 0 fully saturated rings. The summed E-state index contributed by atoms with van der Waals surface area (Å²) in [6.07, 6.45) is 0.202. The van der Waals surface area contributed by atoms with Crippen LogP contribution in [0.1, 0.15) is 18.9 Å². The Hall–Kier alpha value is -1.73. The molecular weight excluding hydrogens is 256 g/mol. The lowest BCUT2D eigenvalue weighted by Gasteiger charge is -2.17. The number of hydrogen-bond donors (Lipinski definition) is 0. The monoisotopic (exact) mass is 267 g/mol. The minimum Gasteiger partial charge on any atom is -0.744 e. The van der Waals surface area contributed by atoms with Crippen molar-refractivity contribution in [3.63, 3.8) is 0 Å². The fourth-order valence-corrected chi connectivity index (χ4v) is 2.21. The second-order valence-corrected chi connectivity index (χ2v) is 5.50. The minimum atomic E-state index is -4.54. The molecule has 0 radical (unpaired) electrons. The molecule has 1 aromatic rings. The van der Waals surface area contributed by atoms with Crippen LogP contribution in [0.5, 0.6) is 0 Å². The van der Waals surface area contributed by atoms with Gasteiger partial charge < -0.3 is 4.55 Å². The van der Waals surface area contributed by atoms with Crippen LogP contribution in [0.15, 0.2) is 28.2 Å². The maximum absolute atomic E-state index is 11.7. The van der Waals surface area contributed by atoms with E-state index in [2.05, 4.69) is 5.10 Å². The highest BCUT2D eigenvalue weighted by Crippen LogP contribution is 2.27. The van der Waals surface area contributed by atoms with Gasteiger partial charge in [-0.25, -0.2) is 13.4 Å². The number of aryl methyl sites for hydroxylation is 1. The third-order valence-electron chi connectivity index (χ3n) is 2.61. The number of benzene rings is 1. The lowest BCUT2D eigenvalue weighted by atomic mass is 10.2. The van der Waals surface area contributed by atoms with Crippen molar-refractivity contribution in [3.8, 4) is 0 Å². The average molecular weight is 267 g/mol. The fraction of sp³-hybridized carbons (Fsp3) is 0.273. The molecule has 0 bridgehead atoms. The summed E-state index contributed by atoms with van der Waals surface area (Å²) in [5, 5.41) is 5.17. The summed E-state index contributed by atoms with van der Waals surface area (Å²) in [4.78, 5) is 11.3. The second kappa shape index (κ2) is 4.18. The molecule has 1 aromatic carbocycles. The Balaban J connectivity index is 2.55. The Bertz CT molecular complexity index is 649. The van der Waals surface area contributed by atoms with Crippen LogP contribution in [0.25, 0.3) is 0 Å². The van der Waals surface area contributed by atoms with Crippen LogP contribution in [0.3, 0.4) is 0 Å². The number of carbonyl (C=O) groups excluding carboxylic acids is 1. The van der Waals surface area contributed by atoms with Crippen LogP contribution >= 0.6 is 0 Å². The zero-order valence-corrected chi connectivity index (χ0v) is 10.7. The lowest BCUT2D eigenvalue weighted by molar-refractivity contribution is -0.116. The van der Waals surface area contributed by atoms with Crippen LogP contribution in [-0.4, -0.2) is 24.6 Å². The van der Waals surface area contributed by atoms with Crippen molar-refractivity contribution < 1.29 is 17.8 Å². The van der Waals surface area contributed by atoms with E-state index in [1.54, 1.807) is 13.8 Å². The number of carbonyl (C=O) groups is 1. The first-order valence-corrected chi connectivity index (χ1v) is 6.63. The summed E-state index contributed by atoms with van der Waals surface area (Å²) in [6, 6.07) is 3.88.